The average Bonchev–Trinajstić information content (AvgIpc) is 3.10. The summed E-state index contributed by atoms with van der Waals surface area (Å²) < 4.78 is 0. The first kappa shape index (κ1) is 17.9. The zero-order chi connectivity index (χ0) is 17.9. The molecule has 0 aromatic carbocycles. The summed E-state index contributed by atoms with van der Waals surface area (Å²) in [5.41, 5.74) is 0. The summed E-state index contributed by atoms with van der Waals surface area (Å²) in [6.07, 6.45) is 6.55. The third-order valence-corrected chi connectivity index (χ3v) is 5.91. The Kier molecular flexibility index (Phi) is 5.57. The summed E-state index contributed by atoms with van der Waals surface area (Å²) in [5, 5.41) is 13.6. The van der Waals surface area contributed by atoms with Crippen molar-refractivity contribution in [1.29, 1.82) is 0 Å². The van der Waals surface area contributed by atoms with E-state index in [4.69, 9.17) is 16.4 Å². The van der Waals surface area contributed by atoms with Crippen LogP contribution in [0.1, 0.15) is 38.5 Å². The molecule has 3 saturated heterocycles. The summed E-state index contributed by atoms with van der Waals surface area (Å²) in [6.45, 7) is 3.27. The molecule has 3 aliphatic rings. The number of anilines is 1. The SMILES string of the molecule is O=C(NC[C@@H]1C[C@@H]2CCCCN2O1)C1CCN(c2ccc(Cl)nn2)CC1. The normalized spacial score (nSPS) is 27.3. The van der Waals surface area contributed by atoms with Crippen LogP contribution in [-0.2, 0) is 9.63 Å². The Balaban J connectivity index is 1.21. The number of halogens is 1. The van der Waals surface area contributed by atoms with Crippen LogP contribution >= 0.6 is 11.6 Å². The lowest BCUT2D eigenvalue weighted by Crippen LogP contribution is -2.42. The van der Waals surface area contributed by atoms with Gasteiger partial charge in [0.05, 0.1) is 6.10 Å². The number of nitrogens with one attached hydrogen (secondary N) is 1. The van der Waals surface area contributed by atoms with Crippen LogP contribution in [-0.4, -0.2) is 59.5 Å². The highest BCUT2D eigenvalue weighted by Crippen LogP contribution is 2.29. The van der Waals surface area contributed by atoms with Crippen molar-refractivity contribution in [3.05, 3.63) is 17.3 Å². The number of aromatic nitrogens is 2. The van der Waals surface area contributed by atoms with Crippen molar-refractivity contribution < 1.29 is 9.63 Å². The molecule has 8 heteroatoms. The highest BCUT2D eigenvalue weighted by molar-refractivity contribution is 6.29. The van der Waals surface area contributed by atoms with E-state index >= 15 is 0 Å². The Hall–Kier alpha value is -1.44. The number of hydroxylamine groups is 2. The Bertz CT molecular complexity index is 607. The minimum Gasteiger partial charge on any atom is -0.355 e. The molecular formula is C18H26ClN5O2. The van der Waals surface area contributed by atoms with E-state index in [1.165, 1.54) is 19.3 Å². The fraction of sp³-hybridized carbons (Fsp3) is 0.722. The Morgan fingerprint density at radius 1 is 1.19 bits per heavy atom. The number of piperidine rings is 2. The fourth-order valence-electron chi connectivity index (χ4n) is 4.21. The van der Waals surface area contributed by atoms with Crippen molar-refractivity contribution in [2.75, 3.05) is 31.1 Å². The molecule has 1 aromatic rings. The van der Waals surface area contributed by atoms with Crippen LogP contribution in [0.25, 0.3) is 0 Å². The lowest BCUT2D eigenvalue weighted by atomic mass is 9.95. The number of amides is 1. The van der Waals surface area contributed by atoms with Crippen molar-refractivity contribution in [3.63, 3.8) is 0 Å². The predicted molar refractivity (Wildman–Crippen MR) is 98.8 cm³/mol. The number of carbonyl (C=O) groups excluding carboxylic acids is 1. The molecule has 3 fully saturated rings. The van der Waals surface area contributed by atoms with Gasteiger partial charge in [-0.15, -0.1) is 10.2 Å². The van der Waals surface area contributed by atoms with Gasteiger partial charge in [0.2, 0.25) is 5.91 Å². The zero-order valence-corrected chi connectivity index (χ0v) is 15.7. The lowest BCUT2D eigenvalue weighted by Gasteiger charge is -2.32. The molecule has 1 N–H and O–H groups in total. The summed E-state index contributed by atoms with van der Waals surface area (Å²) in [5.74, 6) is 1.04. The molecule has 4 heterocycles. The van der Waals surface area contributed by atoms with Gasteiger partial charge in [0.15, 0.2) is 11.0 Å². The highest BCUT2D eigenvalue weighted by Gasteiger charge is 2.35. The molecule has 4 rings (SSSR count). The van der Waals surface area contributed by atoms with Crippen molar-refractivity contribution in [3.8, 4) is 0 Å². The largest absolute Gasteiger partial charge is 0.355 e. The molecule has 26 heavy (non-hydrogen) atoms. The second kappa shape index (κ2) is 8.06. The van der Waals surface area contributed by atoms with Gasteiger partial charge in [0.25, 0.3) is 0 Å². The van der Waals surface area contributed by atoms with Crippen molar-refractivity contribution in [1.82, 2.24) is 20.6 Å². The number of carbonyl (C=O) groups is 1. The van der Waals surface area contributed by atoms with Crippen molar-refractivity contribution in [2.45, 2.75) is 50.7 Å². The molecule has 7 nitrogen and oxygen atoms in total. The first-order valence-electron chi connectivity index (χ1n) is 9.64. The van der Waals surface area contributed by atoms with Crippen LogP contribution in [0.3, 0.4) is 0 Å². The quantitative estimate of drug-likeness (QED) is 0.863. The van der Waals surface area contributed by atoms with Gasteiger partial charge in [0.1, 0.15) is 0 Å². The van der Waals surface area contributed by atoms with Gasteiger partial charge in [-0.2, -0.15) is 5.06 Å². The van der Waals surface area contributed by atoms with Crippen LogP contribution in [0.2, 0.25) is 5.15 Å². The minimum absolute atomic E-state index is 0.0653. The highest BCUT2D eigenvalue weighted by atomic mass is 35.5. The van der Waals surface area contributed by atoms with E-state index in [-0.39, 0.29) is 17.9 Å². The maximum Gasteiger partial charge on any atom is 0.223 e. The number of nitrogens with zero attached hydrogens (tertiary/aromatic N) is 4. The molecule has 0 bridgehead atoms. The Labute approximate surface area is 159 Å². The van der Waals surface area contributed by atoms with E-state index in [0.717, 1.165) is 44.7 Å². The van der Waals surface area contributed by atoms with Gasteiger partial charge < -0.3 is 10.2 Å². The average molecular weight is 380 g/mol. The molecule has 1 aromatic heterocycles. The summed E-state index contributed by atoms with van der Waals surface area (Å²) in [7, 11) is 0. The molecule has 0 saturated carbocycles. The molecule has 1 amide bonds. The van der Waals surface area contributed by atoms with Gasteiger partial charge in [0, 0.05) is 38.1 Å². The Morgan fingerprint density at radius 2 is 2.04 bits per heavy atom. The van der Waals surface area contributed by atoms with Gasteiger partial charge >= 0.3 is 0 Å². The summed E-state index contributed by atoms with van der Waals surface area (Å²) in [4.78, 5) is 20.6. The number of hydrogen-bond donors (Lipinski definition) is 1. The van der Waals surface area contributed by atoms with Crippen molar-refractivity contribution >= 4 is 23.3 Å². The maximum atomic E-state index is 12.5. The van der Waals surface area contributed by atoms with Crippen molar-refractivity contribution in [2.24, 2.45) is 5.92 Å². The third kappa shape index (κ3) is 4.10. The second-order valence-electron chi connectivity index (χ2n) is 7.47. The van der Waals surface area contributed by atoms with E-state index in [1.807, 2.05) is 6.07 Å². The molecule has 142 valence electrons. The van der Waals surface area contributed by atoms with Crippen LogP contribution < -0.4 is 10.2 Å². The number of fused-ring (bicyclic) bond motifs is 1. The van der Waals surface area contributed by atoms with Crippen LogP contribution in [0, 0.1) is 5.92 Å². The molecule has 0 radical (unpaired) electrons. The van der Waals surface area contributed by atoms with Gasteiger partial charge in [-0.05, 0) is 44.2 Å². The molecule has 0 unspecified atom stereocenters. The smallest absolute Gasteiger partial charge is 0.223 e. The zero-order valence-electron chi connectivity index (χ0n) is 14.9. The molecule has 3 aliphatic heterocycles. The van der Waals surface area contributed by atoms with Crippen LogP contribution in [0.4, 0.5) is 5.82 Å². The van der Waals surface area contributed by atoms with E-state index < -0.39 is 0 Å². The maximum absolute atomic E-state index is 12.5. The molecule has 2 atom stereocenters. The van der Waals surface area contributed by atoms with E-state index in [1.54, 1.807) is 6.07 Å². The van der Waals surface area contributed by atoms with Gasteiger partial charge in [-0.1, -0.05) is 18.0 Å². The first-order valence-corrected chi connectivity index (χ1v) is 10.0. The standard InChI is InChI=1S/C18H26ClN5O2/c19-16-4-5-17(22-21-16)23-9-6-13(7-10-23)18(25)20-12-15-11-14-3-1-2-8-24(14)26-15/h4-5,13-15H,1-3,6-12H2,(H,20,25)/t14-,15-/m0/s1. The number of rotatable bonds is 4. The monoisotopic (exact) mass is 379 g/mol. The van der Waals surface area contributed by atoms with Crippen LogP contribution in [0.15, 0.2) is 12.1 Å². The topological polar surface area (TPSA) is 70.6 Å². The van der Waals surface area contributed by atoms with E-state index in [9.17, 15) is 4.79 Å². The van der Waals surface area contributed by atoms with Crippen LogP contribution in [0.5, 0.6) is 0 Å². The summed E-state index contributed by atoms with van der Waals surface area (Å²) >= 11 is 5.79. The van der Waals surface area contributed by atoms with E-state index in [2.05, 4.69) is 25.5 Å². The third-order valence-electron chi connectivity index (χ3n) is 5.70. The summed E-state index contributed by atoms with van der Waals surface area (Å²) in [6, 6.07) is 4.18. The fourth-order valence-corrected chi connectivity index (χ4v) is 4.31. The minimum atomic E-state index is 0.0653. The second-order valence-corrected chi connectivity index (χ2v) is 7.86. The van der Waals surface area contributed by atoms with E-state index in [0.29, 0.717) is 17.7 Å². The molecule has 0 aliphatic carbocycles. The Morgan fingerprint density at radius 3 is 2.77 bits per heavy atom. The van der Waals surface area contributed by atoms with Gasteiger partial charge in [-0.3, -0.25) is 9.63 Å². The lowest BCUT2D eigenvalue weighted by molar-refractivity contribution is -0.170. The predicted octanol–water partition coefficient (Wildman–Crippen LogP) is 2.02. The molecular weight excluding hydrogens is 354 g/mol. The van der Waals surface area contributed by atoms with Gasteiger partial charge in [-0.25, -0.2) is 0 Å². The number of hydrogen-bond acceptors (Lipinski definition) is 6. The first-order chi connectivity index (χ1) is 12.7. The molecule has 0 spiro atoms.